The van der Waals surface area contributed by atoms with Crippen LogP contribution in [0.15, 0.2) is 84.9 Å². The van der Waals surface area contributed by atoms with Crippen molar-refractivity contribution in [2.75, 3.05) is 0 Å². The highest BCUT2D eigenvalue weighted by Gasteiger charge is 2.04. The average molecular weight is 329 g/mol. The fourth-order valence-corrected chi connectivity index (χ4v) is 2.43. The lowest BCUT2D eigenvalue weighted by molar-refractivity contribution is -0.384. The van der Waals surface area contributed by atoms with Gasteiger partial charge in [0.2, 0.25) is 0 Å². The van der Waals surface area contributed by atoms with Crippen LogP contribution in [-0.2, 0) is 0 Å². The van der Waals surface area contributed by atoms with E-state index >= 15 is 0 Å². The Hall–Kier alpha value is -3.53. The molecule has 4 heteroatoms. The molecule has 25 heavy (non-hydrogen) atoms. The maximum atomic E-state index is 12.2. The topological polar surface area (TPSA) is 60.2 Å². The van der Waals surface area contributed by atoms with Crippen molar-refractivity contribution in [1.82, 2.24) is 0 Å². The number of hydrogen-bond donors (Lipinski definition) is 0. The van der Waals surface area contributed by atoms with Gasteiger partial charge in [-0.3, -0.25) is 14.9 Å². The molecule has 0 saturated heterocycles. The number of ketones is 1. The number of nitrogens with zero attached hydrogens (tertiary/aromatic N) is 1. The molecule has 0 radical (unpaired) electrons. The molecular weight excluding hydrogens is 314 g/mol. The molecule has 0 bridgehead atoms. The van der Waals surface area contributed by atoms with E-state index in [0.29, 0.717) is 5.56 Å². The minimum atomic E-state index is -0.451. The SMILES string of the molecule is O=C(/C=C/c1ccc([N+](=O)[O-])cc1)c1ccc(-c2ccccc2)cc1. The minimum absolute atomic E-state index is 0.0278. The average Bonchev–Trinajstić information content (AvgIpc) is 2.67. The molecule has 3 aromatic rings. The van der Waals surface area contributed by atoms with Gasteiger partial charge in [-0.1, -0.05) is 60.7 Å². The molecule has 3 rings (SSSR count). The third kappa shape index (κ3) is 4.06. The second kappa shape index (κ2) is 7.36. The summed E-state index contributed by atoms with van der Waals surface area (Å²) in [5, 5.41) is 10.6. The smallest absolute Gasteiger partial charge is 0.269 e. The van der Waals surface area contributed by atoms with Crippen LogP contribution < -0.4 is 0 Å². The molecule has 0 N–H and O–H groups in total. The van der Waals surface area contributed by atoms with Crippen LogP contribution in [0.4, 0.5) is 5.69 Å². The molecule has 0 spiro atoms. The molecule has 0 heterocycles. The molecule has 0 saturated carbocycles. The lowest BCUT2D eigenvalue weighted by Gasteiger charge is -2.02. The van der Waals surface area contributed by atoms with Crippen molar-refractivity contribution in [2.45, 2.75) is 0 Å². The van der Waals surface area contributed by atoms with Crippen molar-refractivity contribution >= 4 is 17.5 Å². The first-order valence-electron chi connectivity index (χ1n) is 7.76. The van der Waals surface area contributed by atoms with Crippen LogP contribution in [-0.4, -0.2) is 10.7 Å². The normalized spacial score (nSPS) is 10.7. The first-order valence-corrected chi connectivity index (χ1v) is 7.76. The largest absolute Gasteiger partial charge is 0.289 e. The number of carbonyl (C=O) groups is 1. The molecule has 0 aliphatic rings. The van der Waals surface area contributed by atoms with E-state index in [1.807, 2.05) is 42.5 Å². The monoisotopic (exact) mass is 329 g/mol. The summed E-state index contributed by atoms with van der Waals surface area (Å²) in [6.07, 6.45) is 3.12. The number of nitro groups is 1. The van der Waals surface area contributed by atoms with Crippen LogP contribution in [0.1, 0.15) is 15.9 Å². The summed E-state index contributed by atoms with van der Waals surface area (Å²) in [7, 11) is 0. The lowest BCUT2D eigenvalue weighted by Crippen LogP contribution is -1.93. The van der Waals surface area contributed by atoms with Crippen LogP contribution in [0.25, 0.3) is 17.2 Å². The van der Waals surface area contributed by atoms with E-state index in [1.54, 1.807) is 30.3 Å². The highest BCUT2D eigenvalue weighted by atomic mass is 16.6. The number of nitro benzene ring substituents is 1. The van der Waals surface area contributed by atoms with Crippen molar-refractivity contribution in [3.63, 3.8) is 0 Å². The fourth-order valence-electron chi connectivity index (χ4n) is 2.43. The van der Waals surface area contributed by atoms with Crippen molar-refractivity contribution in [3.8, 4) is 11.1 Å². The molecular formula is C21H15NO3. The molecule has 0 unspecified atom stereocenters. The summed E-state index contributed by atoms with van der Waals surface area (Å²) >= 11 is 0. The molecule has 0 aliphatic heterocycles. The predicted octanol–water partition coefficient (Wildman–Crippen LogP) is 5.16. The van der Waals surface area contributed by atoms with E-state index in [4.69, 9.17) is 0 Å². The first kappa shape index (κ1) is 16.3. The molecule has 0 atom stereocenters. The van der Waals surface area contributed by atoms with Gasteiger partial charge in [-0.15, -0.1) is 0 Å². The van der Waals surface area contributed by atoms with Gasteiger partial charge in [0.15, 0.2) is 5.78 Å². The third-order valence-electron chi connectivity index (χ3n) is 3.81. The van der Waals surface area contributed by atoms with Crippen molar-refractivity contribution in [2.24, 2.45) is 0 Å². The van der Waals surface area contributed by atoms with Gasteiger partial charge in [0.1, 0.15) is 0 Å². The molecule has 122 valence electrons. The van der Waals surface area contributed by atoms with E-state index in [-0.39, 0.29) is 11.5 Å². The van der Waals surface area contributed by atoms with E-state index in [0.717, 1.165) is 16.7 Å². The van der Waals surface area contributed by atoms with Crippen LogP contribution in [0, 0.1) is 10.1 Å². The molecule has 3 aromatic carbocycles. The zero-order valence-corrected chi connectivity index (χ0v) is 13.3. The molecule has 0 aromatic heterocycles. The summed E-state index contributed by atoms with van der Waals surface area (Å²) in [4.78, 5) is 22.4. The zero-order valence-electron chi connectivity index (χ0n) is 13.3. The van der Waals surface area contributed by atoms with Crippen molar-refractivity contribution in [1.29, 1.82) is 0 Å². The quantitative estimate of drug-likeness (QED) is 0.281. The van der Waals surface area contributed by atoms with Gasteiger partial charge in [-0.05, 0) is 34.9 Å². The Morgan fingerprint density at radius 3 is 2.00 bits per heavy atom. The highest BCUT2D eigenvalue weighted by molar-refractivity contribution is 6.07. The molecule has 4 nitrogen and oxygen atoms in total. The van der Waals surface area contributed by atoms with Gasteiger partial charge < -0.3 is 0 Å². The Kier molecular flexibility index (Phi) is 4.81. The number of hydrogen-bond acceptors (Lipinski definition) is 3. The van der Waals surface area contributed by atoms with E-state index < -0.39 is 4.92 Å². The predicted molar refractivity (Wildman–Crippen MR) is 98.3 cm³/mol. The standard InChI is InChI=1S/C21H15NO3/c23-21(15-8-16-6-13-20(14-7-16)22(24)25)19-11-9-18(10-12-19)17-4-2-1-3-5-17/h1-15H/b15-8+. The maximum absolute atomic E-state index is 12.2. The van der Waals surface area contributed by atoms with Gasteiger partial charge in [-0.25, -0.2) is 0 Å². The van der Waals surface area contributed by atoms with Crippen LogP contribution >= 0.6 is 0 Å². The lowest BCUT2D eigenvalue weighted by atomic mass is 10.0. The summed E-state index contributed by atoms with van der Waals surface area (Å²) in [5.41, 5.74) is 3.51. The van der Waals surface area contributed by atoms with Crippen LogP contribution in [0.5, 0.6) is 0 Å². The maximum Gasteiger partial charge on any atom is 0.269 e. The molecule has 0 fully saturated rings. The summed E-state index contributed by atoms with van der Waals surface area (Å²) in [5.74, 6) is -0.113. The van der Waals surface area contributed by atoms with Gasteiger partial charge in [0.05, 0.1) is 4.92 Å². The van der Waals surface area contributed by atoms with E-state index in [9.17, 15) is 14.9 Å². The van der Waals surface area contributed by atoms with Gasteiger partial charge in [0.25, 0.3) is 5.69 Å². The Balaban J connectivity index is 1.71. The Labute approximate surface area is 145 Å². The van der Waals surface area contributed by atoms with Crippen LogP contribution in [0.3, 0.4) is 0 Å². The molecule has 0 amide bonds. The van der Waals surface area contributed by atoms with Gasteiger partial charge >= 0.3 is 0 Å². The van der Waals surface area contributed by atoms with E-state index in [2.05, 4.69) is 0 Å². The summed E-state index contributed by atoms with van der Waals surface area (Å²) in [6.45, 7) is 0. The summed E-state index contributed by atoms with van der Waals surface area (Å²) < 4.78 is 0. The second-order valence-electron chi connectivity index (χ2n) is 5.49. The van der Waals surface area contributed by atoms with Crippen molar-refractivity contribution in [3.05, 3.63) is 106 Å². The fraction of sp³-hybridized carbons (Fsp3) is 0. The van der Waals surface area contributed by atoms with Gasteiger partial charge in [-0.2, -0.15) is 0 Å². The van der Waals surface area contributed by atoms with Gasteiger partial charge in [0, 0.05) is 17.7 Å². The van der Waals surface area contributed by atoms with Crippen LogP contribution in [0.2, 0.25) is 0 Å². The minimum Gasteiger partial charge on any atom is -0.289 e. The Morgan fingerprint density at radius 1 is 0.800 bits per heavy atom. The van der Waals surface area contributed by atoms with E-state index in [1.165, 1.54) is 18.2 Å². The van der Waals surface area contributed by atoms with Crippen molar-refractivity contribution < 1.29 is 9.72 Å². The highest BCUT2D eigenvalue weighted by Crippen LogP contribution is 2.20. The first-order chi connectivity index (χ1) is 12.1. The molecule has 0 aliphatic carbocycles. The third-order valence-corrected chi connectivity index (χ3v) is 3.81. The number of benzene rings is 3. The Bertz CT molecular complexity index is 912. The zero-order chi connectivity index (χ0) is 17.6. The number of non-ortho nitro benzene ring substituents is 1. The Morgan fingerprint density at radius 2 is 1.40 bits per heavy atom. The number of rotatable bonds is 5. The summed E-state index contributed by atoms with van der Waals surface area (Å²) in [6, 6.07) is 23.4. The number of carbonyl (C=O) groups excluding carboxylic acids is 1. The second-order valence-corrected chi connectivity index (χ2v) is 5.49. The number of allylic oxidation sites excluding steroid dienone is 1.